The Balaban J connectivity index is 1.80. The molecule has 2 aromatic carbocycles. The van der Waals surface area contributed by atoms with E-state index < -0.39 is 10.0 Å². The normalized spacial score (nSPS) is 11.9. The lowest BCUT2D eigenvalue weighted by atomic mass is 10.1. The molecular formula is C22H27N3O3S2. The Kier molecular flexibility index (Phi) is 6.90. The molecule has 0 aliphatic heterocycles. The van der Waals surface area contributed by atoms with Gasteiger partial charge in [0.15, 0.2) is 5.13 Å². The van der Waals surface area contributed by atoms with E-state index in [2.05, 4.69) is 10.3 Å². The van der Waals surface area contributed by atoms with Crippen LogP contribution in [-0.4, -0.2) is 36.7 Å². The monoisotopic (exact) mass is 445 g/mol. The topological polar surface area (TPSA) is 79.4 Å². The maximum atomic E-state index is 12.9. The standard InChI is InChI=1S/C22H27N3O3S2/c1-5-13-25(14-6-2)30(27,28)18-11-9-17(10-12-18)21(26)24-22-23-19-15(3)7-8-16(4)20(19)29-22/h7-12H,5-6,13-14H2,1-4H3,(H,23,24,26). The van der Waals surface area contributed by atoms with Crippen LogP contribution in [0, 0.1) is 13.8 Å². The van der Waals surface area contributed by atoms with Crippen molar-refractivity contribution < 1.29 is 13.2 Å². The van der Waals surface area contributed by atoms with Crippen molar-refractivity contribution in [2.24, 2.45) is 0 Å². The number of carbonyl (C=O) groups excluding carboxylic acids is 1. The van der Waals surface area contributed by atoms with E-state index in [0.29, 0.717) is 23.8 Å². The van der Waals surface area contributed by atoms with E-state index >= 15 is 0 Å². The van der Waals surface area contributed by atoms with E-state index in [9.17, 15) is 13.2 Å². The minimum Gasteiger partial charge on any atom is -0.298 e. The first kappa shape index (κ1) is 22.4. The molecule has 160 valence electrons. The number of thiazole rings is 1. The fraction of sp³-hybridized carbons (Fsp3) is 0.364. The number of nitrogens with zero attached hydrogens (tertiary/aromatic N) is 2. The van der Waals surface area contributed by atoms with Gasteiger partial charge >= 0.3 is 0 Å². The fourth-order valence-corrected chi connectivity index (χ4v) is 5.89. The first-order valence-electron chi connectivity index (χ1n) is 10.1. The summed E-state index contributed by atoms with van der Waals surface area (Å²) in [6, 6.07) is 10.1. The van der Waals surface area contributed by atoms with Crippen LogP contribution in [0.15, 0.2) is 41.3 Å². The van der Waals surface area contributed by atoms with E-state index in [1.165, 1.54) is 27.8 Å². The molecule has 0 spiro atoms. The first-order chi connectivity index (χ1) is 14.3. The molecule has 1 aromatic heterocycles. The Morgan fingerprint density at radius 1 is 1.00 bits per heavy atom. The number of aryl methyl sites for hydroxylation is 2. The lowest BCUT2D eigenvalue weighted by Gasteiger charge is -2.21. The number of fused-ring (bicyclic) bond motifs is 1. The Morgan fingerprint density at radius 3 is 2.17 bits per heavy atom. The largest absolute Gasteiger partial charge is 0.298 e. The van der Waals surface area contributed by atoms with Crippen LogP contribution in [0.3, 0.4) is 0 Å². The van der Waals surface area contributed by atoms with Gasteiger partial charge in [-0.05, 0) is 62.1 Å². The smallest absolute Gasteiger partial charge is 0.257 e. The molecule has 8 heteroatoms. The van der Waals surface area contributed by atoms with E-state index in [-0.39, 0.29) is 10.8 Å². The van der Waals surface area contributed by atoms with Gasteiger partial charge in [0.25, 0.3) is 5.91 Å². The molecule has 3 aromatic rings. The van der Waals surface area contributed by atoms with Gasteiger partial charge in [-0.1, -0.05) is 37.3 Å². The number of hydrogen-bond acceptors (Lipinski definition) is 5. The predicted octanol–water partition coefficient (Wildman–Crippen LogP) is 4.98. The van der Waals surface area contributed by atoms with Crippen molar-refractivity contribution >= 4 is 42.6 Å². The summed E-state index contributed by atoms with van der Waals surface area (Å²) in [5, 5.41) is 3.36. The molecule has 1 heterocycles. The Bertz CT molecular complexity index is 1110. The van der Waals surface area contributed by atoms with Crippen LogP contribution in [-0.2, 0) is 10.0 Å². The van der Waals surface area contributed by atoms with Crippen molar-refractivity contribution in [1.82, 2.24) is 9.29 Å². The number of nitrogens with one attached hydrogen (secondary N) is 1. The molecule has 0 saturated heterocycles. The zero-order chi connectivity index (χ0) is 21.9. The molecule has 0 atom stereocenters. The highest BCUT2D eigenvalue weighted by Crippen LogP contribution is 2.31. The van der Waals surface area contributed by atoms with Gasteiger partial charge in [0.2, 0.25) is 10.0 Å². The highest BCUT2D eigenvalue weighted by atomic mass is 32.2. The van der Waals surface area contributed by atoms with Gasteiger partial charge in [-0.2, -0.15) is 4.31 Å². The summed E-state index contributed by atoms with van der Waals surface area (Å²) in [6.07, 6.45) is 1.50. The third-order valence-electron chi connectivity index (χ3n) is 4.86. The van der Waals surface area contributed by atoms with Gasteiger partial charge in [0.1, 0.15) is 0 Å². The Labute approximate surface area is 182 Å². The van der Waals surface area contributed by atoms with E-state index in [4.69, 9.17) is 0 Å². The number of anilines is 1. The van der Waals surface area contributed by atoms with Crippen LogP contribution in [0.25, 0.3) is 10.2 Å². The van der Waals surface area contributed by atoms with Crippen molar-refractivity contribution in [2.75, 3.05) is 18.4 Å². The van der Waals surface area contributed by atoms with E-state index in [0.717, 1.165) is 34.2 Å². The number of benzene rings is 2. The summed E-state index contributed by atoms with van der Waals surface area (Å²) in [7, 11) is -3.56. The van der Waals surface area contributed by atoms with Gasteiger partial charge in [0.05, 0.1) is 15.1 Å². The van der Waals surface area contributed by atoms with Gasteiger partial charge in [0, 0.05) is 18.7 Å². The molecule has 6 nitrogen and oxygen atoms in total. The van der Waals surface area contributed by atoms with E-state index in [1.54, 1.807) is 12.1 Å². The maximum absolute atomic E-state index is 12.9. The SMILES string of the molecule is CCCN(CCC)S(=O)(=O)c1ccc(C(=O)Nc2nc3c(C)ccc(C)c3s2)cc1. The second-order valence-corrected chi connectivity index (χ2v) is 10.2. The molecule has 30 heavy (non-hydrogen) atoms. The molecule has 1 N–H and O–H groups in total. The third kappa shape index (κ3) is 4.55. The van der Waals surface area contributed by atoms with Crippen molar-refractivity contribution in [3.05, 3.63) is 53.1 Å². The molecular weight excluding hydrogens is 418 g/mol. The first-order valence-corrected chi connectivity index (χ1v) is 12.3. The highest BCUT2D eigenvalue weighted by Gasteiger charge is 2.23. The number of aromatic nitrogens is 1. The number of hydrogen-bond donors (Lipinski definition) is 1. The molecule has 0 radical (unpaired) electrons. The summed E-state index contributed by atoms with van der Waals surface area (Å²) in [6.45, 7) is 8.88. The summed E-state index contributed by atoms with van der Waals surface area (Å²) < 4.78 is 28.3. The lowest BCUT2D eigenvalue weighted by molar-refractivity contribution is 0.102. The van der Waals surface area contributed by atoms with Crippen LogP contribution in [0.1, 0.15) is 48.2 Å². The molecule has 0 fully saturated rings. The van der Waals surface area contributed by atoms with Crippen LogP contribution in [0.4, 0.5) is 5.13 Å². The summed E-state index contributed by atoms with van der Waals surface area (Å²) >= 11 is 1.44. The third-order valence-corrected chi connectivity index (χ3v) is 7.88. The lowest BCUT2D eigenvalue weighted by Crippen LogP contribution is -2.32. The average Bonchev–Trinajstić information content (AvgIpc) is 3.16. The summed E-state index contributed by atoms with van der Waals surface area (Å²) in [5.41, 5.74) is 3.46. The van der Waals surface area contributed by atoms with Gasteiger partial charge < -0.3 is 0 Å². The zero-order valence-electron chi connectivity index (χ0n) is 17.7. The maximum Gasteiger partial charge on any atom is 0.257 e. The van der Waals surface area contributed by atoms with Crippen molar-refractivity contribution in [2.45, 2.75) is 45.4 Å². The molecule has 1 amide bonds. The summed E-state index contributed by atoms with van der Waals surface area (Å²) in [4.78, 5) is 17.4. The molecule has 0 bridgehead atoms. The van der Waals surface area contributed by atoms with Crippen LogP contribution >= 0.6 is 11.3 Å². The van der Waals surface area contributed by atoms with Gasteiger partial charge in [-0.25, -0.2) is 13.4 Å². The van der Waals surface area contributed by atoms with Crippen LogP contribution in [0.5, 0.6) is 0 Å². The molecule has 0 aliphatic carbocycles. The van der Waals surface area contributed by atoms with Crippen LogP contribution in [0.2, 0.25) is 0 Å². The predicted molar refractivity (Wildman–Crippen MR) is 123 cm³/mol. The van der Waals surface area contributed by atoms with Crippen molar-refractivity contribution in [1.29, 1.82) is 0 Å². The molecule has 0 saturated carbocycles. The molecule has 0 aliphatic rings. The van der Waals surface area contributed by atoms with Gasteiger partial charge in [-0.3, -0.25) is 10.1 Å². The second-order valence-electron chi connectivity index (χ2n) is 7.28. The van der Waals surface area contributed by atoms with Crippen LogP contribution < -0.4 is 5.32 Å². The fourth-order valence-electron chi connectivity index (χ4n) is 3.26. The number of rotatable bonds is 8. The minimum absolute atomic E-state index is 0.201. The van der Waals surface area contributed by atoms with Gasteiger partial charge in [-0.15, -0.1) is 0 Å². The average molecular weight is 446 g/mol. The number of sulfonamides is 1. The minimum atomic E-state index is -3.56. The Hall–Kier alpha value is -2.29. The highest BCUT2D eigenvalue weighted by molar-refractivity contribution is 7.89. The number of amides is 1. The molecule has 3 rings (SSSR count). The van der Waals surface area contributed by atoms with Crippen molar-refractivity contribution in [3.63, 3.8) is 0 Å². The van der Waals surface area contributed by atoms with E-state index in [1.807, 2.05) is 39.8 Å². The zero-order valence-corrected chi connectivity index (χ0v) is 19.4. The number of carbonyl (C=O) groups is 1. The second kappa shape index (κ2) is 9.24. The summed E-state index contributed by atoms with van der Waals surface area (Å²) in [5.74, 6) is -0.313. The Morgan fingerprint density at radius 2 is 1.60 bits per heavy atom. The van der Waals surface area contributed by atoms with Crippen molar-refractivity contribution in [3.8, 4) is 0 Å². The quantitative estimate of drug-likeness (QED) is 0.530. The molecule has 0 unspecified atom stereocenters.